The van der Waals surface area contributed by atoms with Gasteiger partial charge in [0.25, 0.3) is 0 Å². The molecule has 1 aliphatic rings. The van der Waals surface area contributed by atoms with Crippen molar-refractivity contribution in [2.24, 2.45) is 0 Å². The van der Waals surface area contributed by atoms with Gasteiger partial charge in [-0.15, -0.1) is 0 Å². The van der Waals surface area contributed by atoms with Gasteiger partial charge in [-0.05, 0) is 43.4 Å². The number of benzene rings is 1. The van der Waals surface area contributed by atoms with Crippen LogP contribution in [-0.4, -0.2) is 38.4 Å². The molecule has 1 aromatic carbocycles. The van der Waals surface area contributed by atoms with E-state index in [1.54, 1.807) is 24.0 Å². The van der Waals surface area contributed by atoms with Crippen LogP contribution in [0.3, 0.4) is 0 Å². The molecule has 1 aliphatic heterocycles. The molecule has 1 fully saturated rings. The van der Waals surface area contributed by atoms with Gasteiger partial charge >= 0.3 is 0 Å². The van der Waals surface area contributed by atoms with E-state index in [1.165, 1.54) is 0 Å². The first-order valence-corrected chi connectivity index (χ1v) is 9.20. The number of hydrogen-bond acceptors (Lipinski definition) is 3. The average molecular weight is 324 g/mol. The summed E-state index contributed by atoms with van der Waals surface area (Å²) >= 11 is 0. The van der Waals surface area contributed by atoms with Crippen LogP contribution in [-0.2, 0) is 14.8 Å². The Labute approximate surface area is 132 Å². The number of carbonyl (C=O) groups excluding carboxylic acids is 1. The number of likely N-dealkylation sites (tertiary alicyclic amines) is 1. The third kappa shape index (κ3) is 3.87. The standard InChI is InChI=1S/C16H24N2O3S/c1-12(2)14-6-8-15(9-7-14)22(20,21)17-13(3)16(19)18-10-4-5-11-18/h6-9,12-13,17H,4-5,10-11H2,1-3H3/t13-/m0/s1. The van der Waals surface area contributed by atoms with Gasteiger partial charge in [0.05, 0.1) is 10.9 Å². The highest BCUT2D eigenvalue weighted by Crippen LogP contribution is 2.18. The van der Waals surface area contributed by atoms with Gasteiger partial charge in [-0.3, -0.25) is 4.79 Å². The van der Waals surface area contributed by atoms with Gasteiger partial charge in [-0.2, -0.15) is 4.72 Å². The number of rotatable bonds is 5. The van der Waals surface area contributed by atoms with Crippen LogP contribution in [0.15, 0.2) is 29.2 Å². The molecule has 1 heterocycles. The third-order valence-corrected chi connectivity index (χ3v) is 5.53. The minimum Gasteiger partial charge on any atom is -0.341 e. The fraction of sp³-hybridized carbons (Fsp3) is 0.562. The predicted octanol–water partition coefficient (Wildman–Crippen LogP) is 2.10. The summed E-state index contributed by atoms with van der Waals surface area (Å²) in [6, 6.07) is 6.06. The fourth-order valence-electron chi connectivity index (χ4n) is 2.59. The Morgan fingerprint density at radius 3 is 2.14 bits per heavy atom. The van der Waals surface area contributed by atoms with E-state index in [0.29, 0.717) is 19.0 Å². The summed E-state index contributed by atoms with van der Waals surface area (Å²) in [5.41, 5.74) is 1.08. The van der Waals surface area contributed by atoms with Gasteiger partial charge in [-0.25, -0.2) is 8.42 Å². The van der Waals surface area contributed by atoms with Crippen LogP contribution < -0.4 is 4.72 Å². The van der Waals surface area contributed by atoms with Crippen molar-refractivity contribution < 1.29 is 13.2 Å². The lowest BCUT2D eigenvalue weighted by atomic mass is 10.0. The largest absolute Gasteiger partial charge is 0.341 e. The average Bonchev–Trinajstić information content (AvgIpc) is 3.00. The smallest absolute Gasteiger partial charge is 0.241 e. The zero-order valence-corrected chi connectivity index (χ0v) is 14.2. The molecule has 0 bridgehead atoms. The lowest BCUT2D eigenvalue weighted by Crippen LogP contribution is -2.45. The van der Waals surface area contributed by atoms with Gasteiger partial charge in [0.2, 0.25) is 15.9 Å². The molecule has 22 heavy (non-hydrogen) atoms. The second kappa shape index (κ2) is 6.79. The molecule has 5 nitrogen and oxygen atoms in total. The Kier molecular flexibility index (Phi) is 5.24. The second-order valence-electron chi connectivity index (χ2n) is 6.10. The van der Waals surface area contributed by atoms with E-state index in [0.717, 1.165) is 18.4 Å². The van der Waals surface area contributed by atoms with E-state index in [1.807, 2.05) is 12.1 Å². The number of carbonyl (C=O) groups is 1. The van der Waals surface area contributed by atoms with Gasteiger partial charge < -0.3 is 4.90 Å². The molecule has 1 amide bonds. The number of nitrogens with one attached hydrogen (secondary N) is 1. The van der Waals surface area contributed by atoms with E-state index < -0.39 is 16.1 Å². The number of amides is 1. The maximum Gasteiger partial charge on any atom is 0.241 e. The third-order valence-electron chi connectivity index (χ3n) is 3.98. The van der Waals surface area contributed by atoms with Gasteiger partial charge in [0, 0.05) is 13.1 Å². The predicted molar refractivity (Wildman–Crippen MR) is 86.1 cm³/mol. The Morgan fingerprint density at radius 2 is 1.64 bits per heavy atom. The van der Waals surface area contributed by atoms with Crippen molar-refractivity contribution in [3.8, 4) is 0 Å². The molecule has 6 heteroatoms. The summed E-state index contributed by atoms with van der Waals surface area (Å²) in [7, 11) is -3.67. The molecule has 1 atom stereocenters. The van der Waals surface area contributed by atoms with Crippen LogP contribution in [0.4, 0.5) is 0 Å². The summed E-state index contributed by atoms with van der Waals surface area (Å²) in [6.45, 7) is 7.14. The number of sulfonamides is 1. The molecular formula is C16H24N2O3S. The SMILES string of the molecule is CC(C)c1ccc(S(=O)(=O)N[C@@H](C)C(=O)N2CCCC2)cc1. The summed E-state index contributed by atoms with van der Waals surface area (Å²) in [6.07, 6.45) is 1.98. The molecule has 1 N–H and O–H groups in total. The molecule has 0 unspecified atom stereocenters. The Morgan fingerprint density at radius 1 is 1.09 bits per heavy atom. The Balaban J connectivity index is 2.07. The molecule has 0 aliphatic carbocycles. The zero-order valence-electron chi connectivity index (χ0n) is 13.4. The first-order valence-electron chi connectivity index (χ1n) is 7.72. The molecule has 1 saturated heterocycles. The molecule has 1 aromatic rings. The van der Waals surface area contributed by atoms with E-state index in [4.69, 9.17) is 0 Å². The normalized spacial score (nSPS) is 17.0. The fourth-order valence-corrected chi connectivity index (χ4v) is 3.79. The van der Waals surface area contributed by atoms with E-state index in [2.05, 4.69) is 18.6 Å². The minimum atomic E-state index is -3.67. The molecular weight excluding hydrogens is 300 g/mol. The topological polar surface area (TPSA) is 66.5 Å². The van der Waals surface area contributed by atoms with Gasteiger partial charge in [0.15, 0.2) is 0 Å². The second-order valence-corrected chi connectivity index (χ2v) is 7.81. The van der Waals surface area contributed by atoms with E-state index in [9.17, 15) is 13.2 Å². The van der Waals surface area contributed by atoms with Gasteiger partial charge in [-0.1, -0.05) is 26.0 Å². The summed E-state index contributed by atoms with van der Waals surface area (Å²) in [4.78, 5) is 14.1. The quantitative estimate of drug-likeness (QED) is 0.902. The molecule has 0 spiro atoms. The highest BCUT2D eigenvalue weighted by atomic mass is 32.2. The van der Waals surface area contributed by atoms with Crippen molar-refractivity contribution in [3.05, 3.63) is 29.8 Å². The van der Waals surface area contributed by atoms with Crippen molar-refractivity contribution in [2.45, 2.75) is 50.5 Å². The van der Waals surface area contributed by atoms with Crippen LogP contribution >= 0.6 is 0 Å². The lowest BCUT2D eigenvalue weighted by molar-refractivity contribution is -0.131. The van der Waals surface area contributed by atoms with Crippen LogP contribution in [0.2, 0.25) is 0 Å². The molecule has 0 saturated carbocycles. The first-order chi connectivity index (χ1) is 10.3. The van der Waals surface area contributed by atoms with Gasteiger partial charge in [0.1, 0.15) is 0 Å². The summed E-state index contributed by atoms with van der Waals surface area (Å²) in [5, 5.41) is 0. The molecule has 0 aromatic heterocycles. The van der Waals surface area contributed by atoms with Crippen molar-refractivity contribution in [1.29, 1.82) is 0 Å². The van der Waals surface area contributed by atoms with Crippen LogP contribution in [0.25, 0.3) is 0 Å². The monoisotopic (exact) mass is 324 g/mol. The summed E-state index contributed by atoms with van der Waals surface area (Å²) < 4.78 is 27.2. The van der Waals surface area contributed by atoms with Crippen LogP contribution in [0, 0.1) is 0 Å². The van der Waals surface area contributed by atoms with Crippen molar-refractivity contribution in [3.63, 3.8) is 0 Å². The molecule has 122 valence electrons. The molecule has 0 radical (unpaired) electrons. The maximum absolute atomic E-state index is 12.4. The Bertz CT molecular complexity index is 617. The number of hydrogen-bond donors (Lipinski definition) is 1. The minimum absolute atomic E-state index is 0.153. The maximum atomic E-state index is 12.4. The molecule has 2 rings (SSSR count). The summed E-state index contributed by atoms with van der Waals surface area (Å²) in [5.74, 6) is 0.195. The van der Waals surface area contributed by atoms with Crippen molar-refractivity contribution in [1.82, 2.24) is 9.62 Å². The van der Waals surface area contributed by atoms with Crippen molar-refractivity contribution in [2.75, 3.05) is 13.1 Å². The van der Waals surface area contributed by atoms with E-state index in [-0.39, 0.29) is 10.8 Å². The highest BCUT2D eigenvalue weighted by Gasteiger charge is 2.27. The van der Waals surface area contributed by atoms with Crippen molar-refractivity contribution >= 4 is 15.9 Å². The van der Waals surface area contributed by atoms with Crippen LogP contribution in [0.5, 0.6) is 0 Å². The zero-order chi connectivity index (χ0) is 16.3. The highest BCUT2D eigenvalue weighted by molar-refractivity contribution is 7.89. The first kappa shape index (κ1) is 17.0. The number of nitrogens with zero attached hydrogens (tertiary/aromatic N) is 1. The van der Waals surface area contributed by atoms with E-state index >= 15 is 0 Å². The Hall–Kier alpha value is -1.40. The lowest BCUT2D eigenvalue weighted by Gasteiger charge is -2.21. The van der Waals surface area contributed by atoms with Crippen LogP contribution in [0.1, 0.15) is 45.1 Å².